The average molecular weight is 204 g/mol. The highest BCUT2D eigenvalue weighted by Gasteiger charge is 2.45. The first-order valence-corrected chi connectivity index (χ1v) is 5.87. The van der Waals surface area contributed by atoms with Crippen molar-refractivity contribution in [2.24, 2.45) is 17.3 Å². The molecular weight excluding hydrogens is 184 g/mol. The van der Waals surface area contributed by atoms with Crippen LogP contribution in [0.5, 0.6) is 0 Å². The summed E-state index contributed by atoms with van der Waals surface area (Å²) in [5.74, 6) is 1.43. The molecule has 1 saturated carbocycles. The third-order valence-electron chi connectivity index (χ3n) is 4.36. The van der Waals surface area contributed by atoms with Gasteiger partial charge in [-0.1, -0.05) is 31.2 Å². The lowest BCUT2D eigenvalue weighted by molar-refractivity contribution is -0.135. The number of allylic oxidation sites excluding steroid dienone is 3. The van der Waals surface area contributed by atoms with E-state index in [0.717, 1.165) is 25.7 Å². The zero-order chi connectivity index (χ0) is 11.1. The molecule has 1 fully saturated rings. The fourth-order valence-corrected chi connectivity index (χ4v) is 2.97. The summed E-state index contributed by atoms with van der Waals surface area (Å²) in [6, 6.07) is 0. The predicted octanol–water partition coefficient (Wildman–Crippen LogP) is 3.51. The van der Waals surface area contributed by atoms with Crippen molar-refractivity contribution in [2.75, 3.05) is 0 Å². The highest BCUT2D eigenvalue weighted by atomic mass is 16.1. The monoisotopic (exact) mass is 204 g/mol. The van der Waals surface area contributed by atoms with Gasteiger partial charge in [0.1, 0.15) is 5.78 Å². The number of rotatable bonds is 1. The van der Waals surface area contributed by atoms with E-state index in [-0.39, 0.29) is 5.41 Å². The summed E-state index contributed by atoms with van der Waals surface area (Å²) in [7, 11) is 0. The van der Waals surface area contributed by atoms with Crippen molar-refractivity contribution in [1.82, 2.24) is 0 Å². The fourth-order valence-electron chi connectivity index (χ4n) is 2.97. The van der Waals surface area contributed by atoms with Crippen LogP contribution in [-0.4, -0.2) is 5.78 Å². The van der Waals surface area contributed by atoms with Crippen molar-refractivity contribution < 1.29 is 4.79 Å². The minimum absolute atomic E-state index is 0.0687. The molecule has 1 heteroatoms. The molecule has 0 aromatic rings. The fraction of sp³-hybridized carbons (Fsp3) is 0.643. The molecule has 1 nitrogen and oxygen atoms in total. The molecule has 0 bridgehead atoms. The molecule has 0 heterocycles. The Balaban J connectivity index is 2.23. The molecule has 0 aromatic carbocycles. The second-order valence-electron chi connectivity index (χ2n) is 5.43. The molecule has 2 rings (SSSR count). The molecule has 0 aliphatic heterocycles. The maximum atomic E-state index is 12.2. The van der Waals surface area contributed by atoms with Gasteiger partial charge in [-0.05, 0) is 38.0 Å². The number of Topliss-reactive ketones (excluding diaryl/α,β-unsaturated/α-hetero) is 1. The zero-order valence-electron chi connectivity index (χ0n) is 9.75. The Morgan fingerprint density at radius 3 is 2.93 bits per heavy atom. The van der Waals surface area contributed by atoms with Gasteiger partial charge in [-0.3, -0.25) is 4.79 Å². The minimum Gasteiger partial charge on any atom is -0.299 e. The summed E-state index contributed by atoms with van der Waals surface area (Å²) in [4.78, 5) is 12.2. The van der Waals surface area contributed by atoms with Crippen LogP contribution in [0, 0.1) is 17.3 Å². The lowest BCUT2D eigenvalue weighted by Crippen LogP contribution is -2.43. The van der Waals surface area contributed by atoms with Crippen LogP contribution in [0.2, 0.25) is 0 Å². The number of hydrogen-bond donors (Lipinski definition) is 0. The van der Waals surface area contributed by atoms with E-state index in [1.165, 1.54) is 5.57 Å². The largest absolute Gasteiger partial charge is 0.299 e. The first-order valence-electron chi connectivity index (χ1n) is 5.87. The molecule has 82 valence electrons. The first-order chi connectivity index (χ1) is 7.04. The van der Waals surface area contributed by atoms with Gasteiger partial charge in [0.15, 0.2) is 0 Å². The number of carbonyl (C=O) groups is 1. The third kappa shape index (κ3) is 1.68. The molecule has 15 heavy (non-hydrogen) atoms. The SMILES string of the molecule is C=C(C)[C@H]1CC(=O)[C@@]2(C)CC=CC[C@H]2C1. The second kappa shape index (κ2) is 3.62. The number of fused-ring (bicyclic) bond motifs is 1. The minimum atomic E-state index is -0.0687. The predicted molar refractivity (Wildman–Crippen MR) is 62.5 cm³/mol. The maximum Gasteiger partial charge on any atom is 0.139 e. The third-order valence-corrected chi connectivity index (χ3v) is 4.36. The van der Waals surface area contributed by atoms with Gasteiger partial charge in [-0.15, -0.1) is 0 Å². The Morgan fingerprint density at radius 2 is 2.27 bits per heavy atom. The molecule has 0 aromatic heterocycles. The summed E-state index contributed by atoms with van der Waals surface area (Å²) in [5.41, 5.74) is 1.11. The molecule has 2 aliphatic carbocycles. The van der Waals surface area contributed by atoms with Crippen molar-refractivity contribution in [2.45, 2.75) is 39.5 Å². The average Bonchev–Trinajstić information content (AvgIpc) is 2.19. The van der Waals surface area contributed by atoms with E-state index in [9.17, 15) is 4.79 Å². The van der Waals surface area contributed by atoms with Crippen molar-refractivity contribution in [3.8, 4) is 0 Å². The van der Waals surface area contributed by atoms with Gasteiger partial charge in [0.05, 0.1) is 0 Å². The van der Waals surface area contributed by atoms with Crippen LogP contribution in [0.3, 0.4) is 0 Å². The number of hydrogen-bond acceptors (Lipinski definition) is 1. The number of ketones is 1. The van der Waals surface area contributed by atoms with E-state index in [0.29, 0.717) is 17.6 Å². The van der Waals surface area contributed by atoms with E-state index in [1.807, 2.05) is 0 Å². The van der Waals surface area contributed by atoms with E-state index >= 15 is 0 Å². The highest BCUT2D eigenvalue weighted by Crippen LogP contribution is 2.48. The molecule has 0 radical (unpaired) electrons. The van der Waals surface area contributed by atoms with Gasteiger partial charge >= 0.3 is 0 Å². The molecule has 0 saturated heterocycles. The second-order valence-corrected chi connectivity index (χ2v) is 5.43. The van der Waals surface area contributed by atoms with Crippen LogP contribution in [-0.2, 0) is 4.79 Å². The van der Waals surface area contributed by atoms with Crippen LogP contribution in [0.1, 0.15) is 39.5 Å². The van der Waals surface area contributed by atoms with Gasteiger partial charge in [0.25, 0.3) is 0 Å². The van der Waals surface area contributed by atoms with Crippen molar-refractivity contribution >= 4 is 5.78 Å². The van der Waals surface area contributed by atoms with Crippen LogP contribution in [0.4, 0.5) is 0 Å². The van der Waals surface area contributed by atoms with E-state index < -0.39 is 0 Å². The normalized spacial score (nSPS) is 40.0. The molecule has 0 amide bonds. The standard InChI is InChI=1S/C14H20O/c1-10(2)11-8-12-6-4-5-7-14(12,3)13(15)9-11/h4-5,11-12H,1,6-9H2,2-3H3/t11-,12+,14+/m1/s1. The van der Waals surface area contributed by atoms with Crippen molar-refractivity contribution in [3.63, 3.8) is 0 Å². The Bertz CT molecular complexity index is 326. The number of carbonyl (C=O) groups excluding carboxylic acids is 1. The lowest BCUT2D eigenvalue weighted by atomic mass is 9.58. The van der Waals surface area contributed by atoms with Crippen molar-refractivity contribution in [3.05, 3.63) is 24.3 Å². The summed E-state index contributed by atoms with van der Waals surface area (Å²) in [6.07, 6.45) is 8.31. The molecule has 3 atom stereocenters. The van der Waals surface area contributed by atoms with E-state index in [2.05, 4.69) is 32.6 Å². The summed E-state index contributed by atoms with van der Waals surface area (Å²) >= 11 is 0. The highest BCUT2D eigenvalue weighted by molar-refractivity contribution is 5.86. The van der Waals surface area contributed by atoms with E-state index in [1.54, 1.807) is 0 Å². The summed E-state index contributed by atoms with van der Waals surface area (Å²) in [6.45, 7) is 8.21. The lowest BCUT2D eigenvalue weighted by Gasteiger charge is -2.44. The Kier molecular flexibility index (Phi) is 2.57. The van der Waals surface area contributed by atoms with Gasteiger partial charge < -0.3 is 0 Å². The van der Waals surface area contributed by atoms with E-state index in [4.69, 9.17) is 0 Å². The maximum absolute atomic E-state index is 12.2. The van der Waals surface area contributed by atoms with Gasteiger partial charge in [0.2, 0.25) is 0 Å². The van der Waals surface area contributed by atoms with Crippen LogP contribution >= 0.6 is 0 Å². The van der Waals surface area contributed by atoms with Crippen molar-refractivity contribution in [1.29, 1.82) is 0 Å². The molecule has 0 N–H and O–H groups in total. The summed E-state index contributed by atoms with van der Waals surface area (Å²) < 4.78 is 0. The Morgan fingerprint density at radius 1 is 1.53 bits per heavy atom. The Hall–Kier alpha value is -0.850. The van der Waals surface area contributed by atoms with Gasteiger partial charge in [-0.2, -0.15) is 0 Å². The van der Waals surface area contributed by atoms with Gasteiger partial charge in [0, 0.05) is 11.8 Å². The molecular formula is C14H20O. The molecule has 0 spiro atoms. The van der Waals surface area contributed by atoms with Crippen LogP contribution in [0.15, 0.2) is 24.3 Å². The Labute approximate surface area is 92.3 Å². The van der Waals surface area contributed by atoms with Crippen LogP contribution < -0.4 is 0 Å². The van der Waals surface area contributed by atoms with Crippen LogP contribution in [0.25, 0.3) is 0 Å². The topological polar surface area (TPSA) is 17.1 Å². The zero-order valence-corrected chi connectivity index (χ0v) is 9.75. The van der Waals surface area contributed by atoms with Gasteiger partial charge in [-0.25, -0.2) is 0 Å². The quantitative estimate of drug-likeness (QED) is 0.597. The first kappa shape index (κ1) is 10.7. The molecule has 2 aliphatic rings. The molecule has 0 unspecified atom stereocenters. The smallest absolute Gasteiger partial charge is 0.139 e. The summed E-state index contributed by atoms with van der Waals surface area (Å²) in [5, 5.41) is 0.